The molecule has 0 heterocycles. The van der Waals surface area contributed by atoms with E-state index in [9.17, 15) is 12.8 Å². The lowest BCUT2D eigenvalue weighted by atomic mass is 10.2. The molecule has 0 aliphatic rings. The molecule has 1 aromatic rings. The summed E-state index contributed by atoms with van der Waals surface area (Å²) in [6.07, 6.45) is 0. The third-order valence-corrected chi connectivity index (χ3v) is 2.68. The minimum absolute atomic E-state index is 0.131. The first-order chi connectivity index (χ1) is 5.59. The summed E-state index contributed by atoms with van der Waals surface area (Å²) in [6, 6.07) is 3.96. The molecule has 0 aromatic heterocycles. The molecular formula is C7H6BrFO2S. The lowest BCUT2D eigenvalue weighted by Crippen LogP contribution is -1.89. The first kappa shape index (κ1) is 9.67. The molecule has 0 aliphatic heterocycles. The van der Waals surface area contributed by atoms with Crippen LogP contribution in [-0.2, 0) is 16.5 Å². The van der Waals surface area contributed by atoms with Crippen molar-refractivity contribution in [2.45, 2.75) is 5.75 Å². The maximum Gasteiger partial charge on any atom is 0.144 e. The molecule has 0 unspecified atom stereocenters. The van der Waals surface area contributed by atoms with E-state index in [4.69, 9.17) is 0 Å². The summed E-state index contributed by atoms with van der Waals surface area (Å²) >= 11 is 3.12. The Hall–Kier alpha value is -0.420. The average Bonchev–Trinajstić information content (AvgIpc) is 1.96. The van der Waals surface area contributed by atoms with Crippen LogP contribution in [0.2, 0.25) is 0 Å². The van der Waals surface area contributed by atoms with E-state index in [1.54, 1.807) is 0 Å². The second kappa shape index (κ2) is 4.00. The van der Waals surface area contributed by atoms with Crippen molar-refractivity contribution in [3.63, 3.8) is 0 Å². The van der Waals surface area contributed by atoms with E-state index in [-0.39, 0.29) is 5.75 Å². The van der Waals surface area contributed by atoms with Gasteiger partial charge in [0, 0.05) is 4.47 Å². The van der Waals surface area contributed by atoms with Crippen LogP contribution in [0, 0.1) is 5.82 Å². The van der Waals surface area contributed by atoms with Gasteiger partial charge in [-0.15, -0.1) is 0 Å². The second-order valence-electron chi connectivity index (χ2n) is 2.23. The Bertz CT molecular complexity index is 354. The SMILES string of the molecule is O=[SH](=O)Cc1cc(F)ccc1Br. The van der Waals surface area contributed by atoms with Crippen molar-refractivity contribution >= 4 is 26.6 Å². The van der Waals surface area contributed by atoms with Crippen LogP contribution in [-0.4, -0.2) is 8.42 Å². The van der Waals surface area contributed by atoms with Crippen molar-refractivity contribution in [3.8, 4) is 0 Å². The molecule has 0 bridgehead atoms. The third kappa shape index (κ3) is 2.57. The highest BCUT2D eigenvalue weighted by atomic mass is 79.9. The zero-order valence-corrected chi connectivity index (χ0v) is 8.44. The molecule has 1 rings (SSSR count). The summed E-state index contributed by atoms with van der Waals surface area (Å²) in [5, 5.41) is 0. The number of hydrogen-bond donors (Lipinski definition) is 1. The fourth-order valence-corrected chi connectivity index (χ4v) is 1.95. The Morgan fingerprint density at radius 1 is 1.42 bits per heavy atom. The van der Waals surface area contributed by atoms with E-state index < -0.39 is 16.5 Å². The standard InChI is InChI=1S/C7H6BrFO2S/c8-7-2-1-6(9)3-5(7)4-12(10)11/h1-3,12H,4H2. The van der Waals surface area contributed by atoms with E-state index in [1.165, 1.54) is 18.2 Å². The molecule has 0 radical (unpaired) electrons. The van der Waals surface area contributed by atoms with Crippen molar-refractivity contribution in [2.24, 2.45) is 0 Å². The molecule has 1 aromatic carbocycles. The summed E-state index contributed by atoms with van der Waals surface area (Å²) in [7, 11) is -2.50. The fraction of sp³-hybridized carbons (Fsp3) is 0.143. The van der Waals surface area contributed by atoms with Crippen LogP contribution in [0.15, 0.2) is 22.7 Å². The van der Waals surface area contributed by atoms with Gasteiger partial charge < -0.3 is 0 Å². The monoisotopic (exact) mass is 252 g/mol. The number of thiol groups is 1. The highest BCUT2D eigenvalue weighted by Crippen LogP contribution is 2.18. The maximum atomic E-state index is 12.6. The Kier molecular flexibility index (Phi) is 3.22. The maximum absolute atomic E-state index is 12.6. The van der Waals surface area contributed by atoms with Gasteiger partial charge in [-0.25, -0.2) is 12.8 Å². The van der Waals surface area contributed by atoms with E-state index in [0.717, 1.165) is 0 Å². The molecule has 0 fully saturated rings. The van der Waals surface area contributed by atoms with Crippen LogP contribution in [0.25, 0.3) is 0 Å². The van der Waals surface area contributed by atoms with Gasteiger partial charge in [-0.3, -0.25) is 0 Å². The highest BCUT2D eigenvalue weighted by Gasteiger charge is 2.01. The first-order valence-corrected chi connectivity index (χ1v) is 5.31. The fourth-order valence-electron chi connectivity index (χ4n) is 0.804. The quantitative estimate of drug-likeness (QED) is 0.814. The Morgan fingerprint density at radius 3 is 2.67 bits per heavy atom. The van der Waals surface area contributed by atoms with E-state index in [2.05, 4.69) is 15.9 Å². The summed E-state index contributed by atoms with van der Waals surface area (Å²) in [5.74, 6) is -0.557. The highest BCUT2D eigenvalue weighted by molar-refractivity contribution is 9.10. The molecule has 0 aliphatic carbocycles. The van der Waals surface area contributed by atoms with Gasteiger partial charge in [0.05, 0.1) is 5.75 Å². The predicted octanol–water partition coefficient (Wildman–Crippen LogP) is 1.70. The van der Waals surface area contributed by atoms with Gasteiger partial charge in [-0.1, -0.05) is 15.9 Å². The molecule has 12 heavy (non-hydrogen) atoms. The molecule has 5 heteroatoms. The topological polar surface area (TPSA) is 34.1 Å². The van der Waals surface area contributed by atoms with Crippen molar-refractivity contribution < 1.29 is 12.8 Å². The molecule has 0 spiro atoms. The van der Waals surface area contributed by atoms with Gasteiger partial charge >= 0.3 is 0 Å². The Morgan fingerprint density at radius 2 is 2.08 bits per heavy atom. The molecular weight excluding hydrogens is 247 g/mol. The van der Waals surface area contributed by atoms with Gasteiger partial charge in [0.15, 0.2) is 0 Å². The third-order valence-electron chi connectivity index (χ3n) is 1.31. The van der Waals surface area contributed by atoms with E-state index in [1.807, 2.05) is 0 Å². The lowest BCUT2D eigenvalue weighted by molar-refractivity contribution is 0.612. The number of halogens is 2. The van der Waals surface area contributed by atoms with Crippen molar-refractivity contribution in [1.29, 1.82) is 0 Å². The van der Waals surface area contributed by atoms with Crippen molar-refractivity contribution in [2.75, 3.05) is 0 Å². The number of hydrogen-bond acceptors (Lipinski definition) is 2. The lowest BCUT2D eigenvalue weighted by Gasteiger charge is -1.98. The summed E-state index contributed by atoms with van der Waals surface area (Å²) in [5.41, 5.74) is 0.450. The molecule has 0 amide bonds. The normalized spacial score (nSPS) is 10.6. The molecule has 0 saturated heterocycles. The number of rotatable bonds is 2. The minimum Gasteiger partial charge on any atom is -0.232 e. The minimum atomic E-state index is -2.50. The van der Waals surface area contributed by atoms with Crippen LogP contribution in [0.5, 0.6) is 0 Å². The zero-order chi connectivity index (χ0) is 9.14. The second-order valence-corrected chi connectivity index (χ2v) is 4.06. The van der Waals surface area contributed by atoms with Gasteiger partial charge in [0.2, 0.25) is 0 Å². The van der Waals surface area contributed by atoms with Crippen LogP contribution in [0.4, 0.5) is 4.39 Å². The van der Waals surface area contributed by atoms with E-state index in [0.29, 0.717) is 10.0 Å². The van der Waals surface area contributed by atoms with Crippen LogP contribution in [0.1, 0.15) is 5.56 Å². The molecule has 66 valence electrons. The molecule has 2 nitrogen and oxygen atoms in total. The average molecular weight is 253 g/mol. The summed E-state index contributed by atoms with van der Waals surface area (Å²) < 4.78 is 33.8. The van der Waals surface area contributed by atoms with Crippen LogP contribution >= 0.6 is 15.9 Å². The summed E-state index contributed by atoms with van der Waals surface area (Å²) in [4.78, 5) is 0. The van der Waals surface area contributed by atoms with Gasteiger partial charge in [-0.05, 0) is 23.8 Å². The molecule has 0 N–H and O–H groups in total. The molecule has 0 atom stereocenters. The van der Waals surface area contributed by atoms with Gasteiger partial charge in [0.1, 0.15) is 16.5 Å². The van der Waals surface area contributed by atoms with Crippen molar-refractivity contribution in [1.82, 2.24) is 0 Å². The van der Waals surface area contributed by atoms with Gasteiger partial charge in [-0.2, -0.15) is 0 Å². The largest absolute Gasteiger partial charge is 0.232 e. The predicted molar refractivity (Wildman–Crippen MR) is 48.1 cm³/mol. The Labute approximate surface area is 79.5 Å². The number of benzene rings is 1. The van der Waals surface area contributed by atoms with Crippen molar-refractivity contribution in [3.05, 3.63) is 34.1 Å². The van der Waals surface area contributed by atoms with Crippen LogP contribution in [0.3, 0.4) is 0 Å². The van der Waals surface area contributed by atoms with Crippen LogP contribution < -0.4 is 0 Å². The van der Waals surface area contributed by atoms with Gasteiger partial charge in [0.25, 0.3) is 0 Å². The first-order valence-electron chi connectivity index (χ1n) is 3.15. The summed E-state index contributed by atoms with van der Waals surface area (Å²) in [6.45, 7) is 0. The Balaban J connectivity index is 3.05. The zero-order valence-electron chi connectivity index (χ0n) is 5.96. The molecule has 0 saturated carbocycles. The smallest absolute Gasteiger partial charge is 0.144 e. The van der Waals surface area contributed by atoms with E-state index >= 15 is 0 Å².